The summed E-state index contributed by atoms with van der Waals surface area (Å²) >= 11 is 0. The molecule has 1 atom stereocenters. The first-order chi connectivity index (χ1) is 9.37. The van der Waals surface area contributed by atoms with Crippen molar-refractivity contribution in [2.45, 2.75) is 39.2 Å². The van der Waals surface area contributed by atoms with E-state index in [9.17, 15) is 9.59 Å². The highest BCUT2D eigenvalue weighted by atomic mass is 16.3. The Balaban J connectivity index is 1.81. The van der Waals surface area contributed by atoms with Crippen LogP contribution in [-0.2, 0) is 4.79 Å². The largest absolute Gasteiger partial charge is 0.459 e. The minimum absolute atomic E-state index is 0.0520. The summed E-state index contributed by atoms with van der Waals surface area (Å²) in [5.74, 6) is -0.144. The first-order valence-corrected chi connectivity index (χ1v) is 6.96. The molecule has 0 aliphatic heterocycles. The van der Waals surface area contributed by atoms with Crippen LogP contribution >= 0.6 is 0 Å². The third kappa shape index (κ3) is 3.62. The lowest BCUT2D eigenvalue weighted by molar-refractivity contribution is -0.122. The molecule has 1 N–H and O–H groups in total. The normalized spacial score (nSPS) is 20.6. The number of carbonyl (C=O) groups excluding carboxylic acids is 2. The van der Waals surface area contributed by atoms with Gasteiger partial charge in [0.05, 0.1) is 12.8 Å². The molecule has 110 valence electrons. The van der Waals surface area contributed by atoms with Crippen molar-refractivity contribution in [3.63, 3.8) is 0 Å². The highest BCUT2D eigenvalue weighted by Gasteiger charge is 2.31. The molecule has 1 aliphatic rings. The molecule has 1 unspecified atom stereocenters. The van der Waals surface area contributed by atoms with Crippen LogP contribution in [0.2, 0.25) is 0 Å². The van der Waals surface area contributed by atoms with Crippen LogP contribution in [0.4, 0.5) is 0 Å². The minimum atomic E-state index is -0.281. The minimum Gasteiger partial charge on any atom is -0.459 e. The van der Waals surface area contributed by atoms with Gasteiger partial charge in [0.2, 0.25) is 5.91 Å². The Hall–Kier alpha value is -1.78. The van der Waals surface area contributed by atoms with Crippen LogP contribution in [0.15, 0.2) is 22.8 Å². The summed E-state index contributed by atoms with van der Waals surface area (Å²) in [7, 11) is 1.60. The molecule has 0 spiro atoms. The van der Waals surface area contributed by atoms with Crippen molar-refractivity contribution in [1.29, 1.82) is 0 Å². The third-order valence-corrected chi connectivity index (χ3v) is 3.79. The van der Waals surface area contributed by atoms with Crippen molar-refractivity contribution in [2.75, 3.05) is 13.6 Å². The lowest BCUT2D eigenvalue weighted by atomic mass is 9.92. The number of nitrogens with one attached hydrogen (secondary N) is 1. The van der Waals surface area contributed by atoms with Crippen molar-refractivity contribution < 1.29 is 14.0 Å². The van der Waals surface area contributed by atoms with Crippen molar-refractivity contribution in [3.05, 3.63) is 24.2 Å². The summed E-state index contributed by atoms with van der Waals surface area (Å²) in [4.78, 5) is 25.3. The Labute approximate surface area is 119 Å². The quantitative estimate of drug-likeness (QED) is 0.916. The van der Waals surface area contributed by atoms with Gasteiger partial charge in [-0.3, -0.25) is 9.59 Å². The third-order valence-electron chi connectivity index (χ3n) is 3.79. The maximum absolute atomic E-state index is 12.0. The Bertz CT molecular complexity index is 479. The van der Waals surface area contributed by atoms with Crippen molar-refractivity contribution in [1.82, 2.24) is 10.2 Å². The van der Waals surface area contributed by atoms with E-state index in [1.54, 1.807) is 19.2 Å². The summed E-state index contributed by atoms with van der Waals surface area (Å²) in [5.41, 5.74) is 0.299. The number of likely N-dealkylation sites (N-methyl/N-ethyl adjacent to an activating group) is 1. The summed E-state index contributed by atoms with van der Waals surface area (Å²) in [6.07, 6.45) is 4.57. The first kappa shape index (κ1) is 14.6. The van der Waals surface area contributed by atoms with Gasteiger partial charge < -0.3 is 14.6 Å². The number of hydrogen-bond donors (Lipinski definition) is 1. The van der Waals surface area contributed by atoms with E-state index < -0.39 is 0 Å². The van der Waals surface area contributed by atoms with E-state index in [1.807, 2.05) is 0 Å². The van der Waals surface area contributed by atoms with Gasteiger partial charge in [0.1, 0.15) is 0 Å². The molecule has 1 aliphatic carbocycles. The van der Waals surface area contributed by atoms with E-state index in [4.69, 9.17) is 4.42 Å². The highest BCUT2D eigenvalue weighted by Crippen LogP contribution is 2.36. The van der Waals surface area contributed by atoms with E-state index in [1.165, 1.54) is 11.2 Å². The van der Waals surface area contributed by atoms with Crippen LogP contribution in [0.1, 0.15) is 43.7 Å². The van der Waals surface area contributed by atoms with E-state index in [2.05, 4.69) is 19.2 Å². The lowest BCUT2D eigenvalue weighted by Gasteiger charge is -2.20. The number of rotatable bonds is 4. The first-order valence-electron chi connectivity index (χ1n) is 6.96. The molecule has 1 saturated carbocycles. The van der Waals surface area contributed by atoms with Gasteiger partial charge in [-0.15, -0.1) is 0 Å². The maximum Gasteiger partial charge on any atom is 0.289 e. The Morgan fingerprint density at radius 3 is 2.80 bits per heavy atom. The zero-order chi connectivity index (χ0) is 14.8. The molecule has 1 fully saturated rings. The van der Waals surface area contributed by atoms with Gasteiger partial charge in [0, 0.05) is 13.1 Å². The molecule has 1 heterocycles. The topological polar surface area (TPSA) is 62.6 Å². The molecule has 20 heavy (non-hydrogen) atoms. The molecule has 5 nitrogen and oxygen atoms in total. The predicted octanol–water partition coefficient (Wildman–Crippen LogP) is 2.05. The second-order valence-corrected chi connectivity index (χ2v) is 6.31. The zero-order valence-electron chi connectivity index (χ0n) is 12.3. The average Bonchev–Trinajstić information content (AvgIpc) is 2.97. The van der Waals surface area contributed by atoms with Gasteiger partial charge in [0.25, 0.3) is 5.91 Å². The smallest absolute Gasteiger partial charge is 0.289 e. The molecule has 0 bridgehead atoms. The average molecular weight is 278 g/mol. The van der Waals surface area contributed by atoms with Crippen LogP contribution in [-0.4, -0.2) is 36.3 Å². The van der Waals surface area contributed by atoms with Gasteiger partial charge in [-0.25, -0.2) is 0 Å². The van der Waals surface area contributed by atoms with Crippen LogP contribution in [0.25, 0.3) is 0 Å². The molecular weight excluding hydrogens is 256 g/mol. The lowest BCUT2D eigenvalue weighted by Crippen LogP contribution is -2.42. The Morgan fingerprint density at radius 1 is 1.50 bits per heavy atom. The number of carbonyl (C=O) groups is 2. The zero-order valence-corrected chi connectivity index (χ0v) is 12.3. The Morgan fingerprint density at radius 2 is 2.25 bits per heavy atom. The summed E-state index contributed by atoms with van der Waals surface area (Å²) in [6.45, 7) is 4.48. The van der Waals surface area contributed by atoms with Crippen molar-refractivity contribution in [3.8, 4) is 0 Å². The fraction of sp³-hybridized carbons (Fsp3) is 0.600. The Kier molecular flexibility index (Phi) is 4.16. The highest BCUT2D eigenvalue weighted by molar-refractivity contribution is 5.94. The van der Waals surface area contributed by atoms with E-state index in [0.717, 1.165) is 19.3 Å². The van der Waals surface area contributed by atoms with Crippen molar-refractivity contribution in [2.24, 2.45) is 5.41 Å². The van der Waals surface area contributed by atoms with Gasteiger partial charge in [-0.2, -0.15) is 0 Å². The summed E-state index contributed by atoms with van der Waals surface area (Å²) in [6, 6.07) is 3.47. The molecule has 1 aromatic rings. The van der Waals surface area contributed by atoms with Crippen LogP contribution in [0.3, 0.4) is 0 Å². The molecule has 2 rings (SSSR count). The van der Waals surface area contributed by atoms with Crippen LogP contribution < -0.4 is 5.32 Å². The number of nitrogens with zero attached hydrogens (tertiary/aromatic N) is 1. The summed E-state index contributed by atoms with van der Waals surface area (Å²) in [5, 5.41) is 3.00. The SMILES string of the molecule is CN(CC(=O)NC1CCC(C)(C)C1)C(=O)c1ccco1. The molecule has 0 radical (unpaired) electrons. The fourth-order valence-electron chi connectivity index (χ4n) is 2.71. The monoisotopic (exact) mass is 278 g/mol. The number of furan rings is 1. The standard InChI is InChI=1S/C15H22N2O3/c1-15(2)7-6-11(9-15)16-13(18)10-17(3)14(19)12-5-4-8-20-12/h4-5,8,11H,6-7,9-10H2,1-3H3,(H,16,18). The van der Waals surface area contributed by atoms with Crippen LogP contribution in [0, 0.1) is 5.41 Å². The van der Waals surface area contributed by atoms with Gasteiger partial charge in [0.15, 0.2) is 5.76 Å². The van der Waals surface area contributed by atoms with Crippen LogP contribution in [0.5, 0.6) is 0 Å². The second kappa shape index (κ2) is 5.69. The maximum atomic E-state index is 12.0. The number of hydrogen-bond acceptors (Lipinski definition) is 3. The second-order valence-electron chi connectivity index (χ2n) is 6.31. The molecule has 1 aromatic heterocycles. The molecule has 5 heteroatoms. The number of amides is 2. The van der Waals surface area contributed by atoms with E-state index in [0.29, 0.717) is 5.41 Å². The van der Waals surface area contributed by atoms with Gasteiger partial charge in [-0.1, -0.05) is 13.8 Å². The predicted molar refractivity (Wildman–Crippen MR) is 75.2 cm³/mol. The summed E-state index contributed by atoms with van der Waals surface area (Å²) < 4.78 is 5.04. The van der Waals surface area contributed by atoms with Gasteiger partial charge in [-0.05, 0) is 36.8 Å². The fourth-order valence-corrected chi connectivity index (χ4v) is 2.71. The molecular formula is C15H22N2O3. The van der Waals surface area contributed by atoms with Gasteiger partial charge >= 0.3 is 0 Å². The molecule has 0 saturated heterocycles. The van der Waals surface area contributed by atoms with Crippen molar-refractivity contribution >= 4 is 11.8 Å². The molecule has 0 aromatic carbocycles. The van der Waals surface area contributed by atoms with E-state index >= 15 is 0 Å². The molecule has 2 amide bonds. The van der Waals surface area contributed by atoms with E-state index in [-0.39, 0.29) is 30.2 Å².